The third kappa shape index (κ3) is 3.28. The van der Waals surface area contributed by atoms with Gasteiger partial charge in [-0.15, -0.1) is 0 Å². The van der Waals surface area contributed by atoms with Crippen LogP contribution in [0.1, 0.15) is 25.8 Å². The van der Waals surface area contributed by atoms with E-state index in [9.17, 15) is 14.3 Å². The van der Waals surface area contributed by atoms with E-state index in [1.54, 1.807) is 24.3 Å². The van der Waals surface area contributed by atoms with Crippen LogP contribution in [-0.2, 0) is 6.54 Å². The molecule has 0 unspecified atom stereocenters. The number of nitrogens with zero attached hydrogens (tertiary/aromatic N) is 3. The highest BCUT2D eigenvalue weighted by molar-refractivity contribution is 6.02. The fourth-order valence-electron chi connectivity index (χ4n) is 2.73. The molecule has 1 aromatic heterocycles. The minimum Gasteiger partial charge on any atom is -0.507 e. The molecule has 3 rings (SSSR count). The number of para-hydroxylation sites is 1. The van der Waals surface area contributed by atoms with Crippen molar-refractivity contribution in [1.29, 1.82) is 0 Å². The summed E-state index contributed by atoms with van der Waals surface area (Å²) in [7, 11) is 0. The third-order valence-corrected chi connectivity index (χ3v) is 4.07. The van der Waals surface area contributed by atoms with Crippen LogP contribution < -0.4 is 11.0 Å². The smallest absolute Gasteiger partial charge is 0.262 e. The number of nitrogens with one attached hydrogen (secondary N) is 1. The maximum Gasteiger partial charge on any atom is 0.262 e. The zero-order valence-corrected chi connectivity index (χ0v) is 14.5. The van der Waals surface area contributed by atoms with Gasteiger partial charge in [0.05, 0.1) is 16.6 Å². The van der Waals surface area contributed by atoms with E-state index in [2.05, 4.69) is 15.5 Å². The fraction of sp³-hybridized carbons (Fsp3) is 0.211. The largest absolute Gasteiger partial charge is 0.507 e. The quantitative estimate of drug-likeness (QED) is 0.543. The first-order valence-electron chi connectivity index (χ1n) is 8.36. The van der Waals surface area contributed by atoms with Crippen molar-refractivity contribution >= 4 is 22.6 Å². The van der Waals surface area contributed by atoms with Crippen molar-refractivity contribution in [3.8, 4) is 5.75 Å². The number of benzene rings is 2. The van der Waals surface area contributed by atoms with E-state index in [0.29, 0.717) is 35.1 Å². The van der Waals surface area contributed by atoms with Crippen LogP contribution in [0.15, 0.2) is 52.4 Å². The van der Waals surface area contributed by atoms with Crippen LogP contribution in [-0.4, -0.2) is 20.4 Å². The number of hydrazone groups is 1. The second kappa shape index (κ2) is 7.35. The van der Waals surface area contributed by atoms with Gasteiger partial charge in [0.2, 0.25) is 5.95 Å². The Hall–Kier alpha value is -3.22. The second-order valence-corrected chi connectivity index (χ2v) is 5.69. The Morgan fingerprint density at radius 3 is 2.77 bits per heavy atom. The zero-order chi connectivity index (χ0) is 18.7. The minimum absolute atomic E-state index is 0.0619. The van der Waals surface area contributed by atoms with Crippen molar-refractivity contribution in [3.63, 3.8) is 0 Å². The summed E-state index contributed by atoms with van der Waals surface area (Å²) < 4.78 is 15.0. The normalized spacial score (nSPS) is 11.7. The number of hydrogen-bond acceptors (Lipinski definition) is 5. The standard InChI is InChI=1S/C19H19FN4O2/c1-3-15(14-11-12(20)9-10-17(14)25)22-23-19-21-16-8-6-5-7-13(16)18(26)24(19)4-2/h5-11,25H,3-4H2,1-2H3,(H,21,23)/b22-15+. The molecule has 0 saturated heterocycles. The van der Waals surface area contributed by atoms with Crippen LogP contribution in [0.2, 0.25) is 0 Å². The Morgan fingerprint density at radius 1 is 1.27 bits per heavy atom. The van der Waals surface area contributed by atoms with Crippen LogP contribution in [0.4, 0.5) is 10.3 Å². The number of halogens is 1. The molecule has 2 N–H and O–H groups in total. The summed E-state index contributed by atoms with van der Waals surface area (Å²) in [6, 6.07) is 10.8. The highest BCUT2D eigenvalue weighted by Crippen LogP contribution is 2.20. The minimum atomic E-state index is -0.465. The van der Waals surface area contributed by atoms with E-state index in [-0.39, 0.29) is 17.3 Å². The number of anilines is 1. The first-order chi connectivity index (χ1) is 12.5. The lowest BCUT2D eigenvalue weighted by molar-refractivity contribution is 0.471. The number of fused-ring (bicyclic) bond motifs is 1. The Kier molecular flexibility index (Phi) is 4.97. The van der Waals surface area contributed by atoms with E-state index in [1.807, 2.05) is 13.8 Å². The van der Waals surface area contributed by atoms with Gasteiger partial charge < -0.3 is 5.11 Å². The van der Waals surface area contributed by atoms with Gasteiger partial charge >= 0.3 is 0 Å². The van der Waals surface area contributed by atoms with Crippen molar-refractivity contribution in [1.82, 2.24) is 9.55 Å². The number of hydrogen-bond donors (Lipinski definition) is 2. The highest BCUT2D eigenvalue weighted by atomic mass is 19.1. The summed E-state index contributed by atoms with van der Waals surface area (Å²) in [6.07, 6.45) is 0.452. The Bertz CT molecular complexity index is 1040. The van der Waals surface area contributed by atoms with E-state index < -0.39 is 5.82 Å². The van der Waals surface area contributed by atoms with E-state index in [1.165, 1.54) is 22.8 Å². The summed E-state index contributed by atoms with van der Waals surface area (Å²) in [5.74, 6) is -0.237. The Morgan fingerprint density at radius 2 is 2.04 bits per heavy atom. The molecule has 0 fully saturated rings. The Balaban J connectivity index is 2.06. The van der Waals surface area contributed by atoms with Gasteiger partial charge in [-0.3, -0.25) is 9.36 Å². The molecule has 0 bridgehead atoms. The fourth-order valence-corrected chi connectivity index (χ4v) is 2.73. The van der Waals surface area contributed by atoms with Gasteiger partial charge in [0, 0.05) is 12.1 Å². The van der Waals surface area contributed by atoms with Gasteiger partial charge in [-0.1, -0.05) is 19.1 Å². The summed E-state index contributed by atoms with van der Waals surface area (Å²) in [5.41, 5.74) is 3.95. The first kappa shape index (κ1) is 17.6. The maximum absolute atomic E-state index is 13.5. The van der Waals surface area contributed by atoms with E-state index >= 15 is 0 Å². The molecule has 3 aromatic rings. The molecule has 6 nitrogen and oxygen atoms in total. The van der Waals surface area contributed by atoms with Gasteiger partial charge in [0.25, 0.3) is 5.56 Å². The highest BCUT2D eigenvalue weighted by Gasteiger charge is 2.12. The average molecular weight is 354 g/mol. The predicted molar refractivity (Wildman–Crippen MR) is 100 cm³/mol. The van der Waals surface area contributed by atoms with Crippen LogP contribution in [0.3, 0.4) is 0 Å². The molecular weight excluding hydrogens is 335 g/mol. The number of aromatic nitrogens is 2. The predicted octanol–water partition coefficient (Wildman–Crippen LogP) is 3.49. The molecule has 26 heavy (non-hydrogen) atoms. The average Bonchev–Trinajstić information content (AvgIpc) is 2.65. The van der Waals surface area contributed by atoms with Crippen molar-refractivity contribution in [2.75, 3.05) is 5.43 Å². The van der Waals surface area contributed by atoms with Gasteiger partial charge in [-0.25, -0.2) is 14.8 Å². The molecule has 0 saturated carbocycles. The molecule has 1 heterocycles. The lowest BCUT2D eigenvalue weighted by Gasteiger charge is -2.12. The number of rotatable bonds is 5. The Labute approximate surface area is 149 Å². The van der Waals surface area contributed by atoms with E-state index in [4.69, 9.17) is 0 Å². The lowest BCUT2D eigenvalue weighted by Crippen LogP contribution is -2.23. The number of aromatic hydroxyl groups is 1. The summed E-state index contributed by atoms with van der Waals surface area (Å²) >= 11 is 0. The summed E-state index contributed by atoms with van der Waals surface area (Å²) in [5, 5.41) is 14.8. The molecule has 7 heteroatoms. The van der Waals surface area contributed by atoms with Crippen LogP contribution in [0, 0.1) is 5.82 Å². The second-order valence-electron chi connectivity index (χ2n) is 5.69. The van der Waals surface area contributed by atoms with Gasteiger partial charge in [-0.05, 0) is 43.7 Å². The van der Waals surface area contributed by atoms with Crippen molar-refractivity contribution in [3.05, 3.63) is 64.2 Å². The van der Waals surface area contributed by atoms with Crippen molar-refractivity contribution in [2.24, 2.45) is 5.10 Å². The maximum atomic E-state index is 13.5. The number of phenols is 1. The topological polar surface area (TPSA) is 79.5 Å². The summed E-state index contributed by atoms with van der Waals surface area (Å²) in [4.78, 5) is 17.1. The van der Waals surface area contributed by atoms with Crippen molar-refractivity contribution < 1.29 is 9.50 Å². The van der Waals surface area contributed by atoms with Crippen LogP contribution >= 0.6 is 0 Å². The van der Waals surface area contributed by atoms with Gasteiger partial charge in [0.15, 0.2) is 0 Å². The zero-order valence-electron chi connectivity index (χ0n) is 14.5. The molecule has 0 radical (unpaired) electrons. The molecule has 134 valence electrons. The van der Waals surface area contributed by atoms with Crippen LogP contribution in [0.5, 0.6) is 5.75 Å². The molecule has 0 atom stereocenters. The number of phenolic OH excluding ortho intramolecular Hbond substituents is 1. The molecule has 0 spiro atoms. The molecule has 0 aliphatic carbocycles. The molecule has 0 aliphatic rings. The molecular formula is C19H19FN4O2. The van der Waals surface area contributed by atoms with Crippen LogP contribution in [0.25, 0.3) is 10.9 Å². The summed E-state index contributed by atoms with van der Waals surface area (Å²) in [6.45, 7) is 4.10. The first-order valence-corrected chi connectivity index (χ1v) is 8.36. The molecule has 0 amide bonds. The molecule has 2 aromatic carbocycles. The SMILES string of the molecule is CC/C(=N\Nc1nc2ccccc2c(=O)n1CC)c1cc(F)ccc1O. The third-order valence-electron chi connectivity index (χ3n) is 4.07. The lowest BCUT2D eigenvalue weighted by atomic mass is 10.1. The van der Waals surface area contributed by atoms with Gasteiger partial charge in [-0.2, -0.15) is 5.10 Å². The monoisotopic (exact) mass is 354 g/mol. The van der Waals surface area contributed by atoms with Gasteiger partial charge in [0.1, 0.15) is 11.6 Å². The van der Waals surface area contributed by atoms with E-state index in [0.717, 1.165) is 0 Å². The molecule has 0 aliphatic heterocycles. The van der Waals surface area contributed by atoms with Crippen molar-refractivity contribution in [2.45, 2.75) is 26.8 Å².